The van der Waals surface area contributed by atoms with Crippen molar-refractivity contribution in [2.75, 3.05) is 6.54 Å². The van der Waals surface area contributed by atoms with Crippen molar-refractivity contribution in [2.45, 2.75) is 40.2 Å². The molecule has 0 aliphatic carbocycles. The van der Waals surface area contributed by atoms with E-state index in [1.54, 1.807) is 0 Å². The average molecular weight is 284 g/mol. The van der Waals surface area contributed by atoms with Crippen LogP contribution in [0, 0.1) is 6.92 Å². The summed E-state index contributed by atoms with van der Waals surface area (Å²) in [6.45, 7) is 10.3. The molecule has 1 heterocycles. The maximum atomic E-state index is 6.03. The summed E-state index contributed by atoms with van der Waals surface area (Å²) in [5.74, 6) is 2.00. The van der Waals surface area contributed by atoms with E-state index in [4.69, 9.17) is 4.74 Å². The topological polar surface area (TPSA) is 34.2 Å². The fourth-order valence-electron chi connectivity index (χ4n) is 2.25. The zero-order valence-corrected chi connectivity index (χ0v) is 13.3. The molecule has 0 aliphatic rings. The van der Waals surface area contributed by atoms with Gasteiger partial charge >= 0.3 is 0 Å². The molecule has 3 heteroatoms. The molecule has 0 radical (unpaired) electrons. The van der Waals surface area contributed by atoms with Gasteiger partial charge in [0.1, 0.15) is 5.75 Å². The lowest BCUT2D eigenvalue weighted by Gasteiger charge is -2.14. The molecule has 1 N–H and O–H groups in total. The van der Waals surface area contributed by atoms with Crippen LogP contribution in [0.4, 0.5) is 0 Å². The van der Waals surface area contributed by atoms with E-state index in [0.717, 1.165) is 24.4 Å². The Morgan fingerprint density at radius 3 is 2.67 bits per heavy atom. The first-order valence-electron chi connectivity index (χ1n) is 7.54. The minimum atomic E-state index is 0.425. The molecule has 0 spiro atoms. The lowest BCUT2D eigenvalue weighted by atomic mass is 10.0. The Hall–Kier alpha value is -1.87. The highest BCUT2D eigenvalue weighted by Gasteiger charge is 2.10. The zero-order chi connectivity index (χ0) is 15.2. The smallest absolute Gasteiger partial charge is 0.222 e. The lowest BCUT2D eigenvalue weighted by molar-refractivity contribution is 0.450. The molecule has 2 aromatic rings. The minimum Gasteiger partial charge on any atom is -0.438 e. The van der Waals surface area contributed by atoms with E-state index in [1.165, 1.54) is 11.1 Å². The van der Waals surface area contributed by atoms with Crippen LogP contribution in [0.25, 0.3) is 0 Å². The third kappa shape index (κ3) is 4.05. The van der Waals surface area contributed by atoms with Gasteiger partial charge < -0.3 is 10.1 Å². The molecule has 1 aromatic heterocycles. The number of aryl methyl sites for hydroxylation is 1. The van der Waals surface area contributed by atoms with Crippen LogP contribution >= 0.6 is 0 Å². The molecule has 1 aromatic carbocycles. The second kappa shape index (κ2) is 7.23. The number of para-hydroxylation sites is 1. The number of nitrogens with one attached hydrogen (secondary N) is 1. The number of hydrogen-bond donors (Lipinski definition) is 1. The quantitative estimate of drug-likeness (QED) is 0.853. The Morgan fingerprint density at radius 1 is 1.24 bits per heavy atom. The fourth-order valence-corrected chi connectivity index (χ4v) is 2.25. The molecule has 112 valence electrons. The number of hydrogen-bond acceptors (Lipinski definition) is 3. The van der Waals surface area contributed by atoms with Gasteiger partial charge in [-0.15, -0.1) is 0 Å². The maximum absolute atomic E-state index is 6.03. The Labute approximate surface area is 127 Å². The Bertz CT molecular complexity index is 594. The van der Waals surface area contributed by atoms with Gasteiger partial charge in [0.25, 0.3) is 0 Å². The molecule has 0 unspecified atom stereocenters. The molecule has 0 fully saturated rings. The summed E-state index contributed by atoms with van der Waals surface area (Å²) in [4.78, 5) is 4.46. The summed E-state index contributed by atoms with van der Waals surface area (Å²) in [5, 5.41) is 3.30. The highest BCUT2D eigenvalue weighted by atomic mass is 16.5. The molecule has 21 heavy (non-hydrogen) atoms. The van der Waals surface area contributed by atoms with Gasteiger partial charge in [-0.05, 0) is 42.6 Å². The number of rotatable bonds is 6. The molecule has 3 nitrogen and oxygen atoms in total. The highest BCUT2D eigenvalue weighted by Crippen LogP contribution is 2.30. The molecular weight excluding hydrogens is 260 g/mol. The van der Waals surface area contributed by atoms with Crippen LogP contribution in [0.1, 0.15) is 43.4 Å². The van der Waals surface area contributed by atoms with Gasteiger partial charge in [0.2, 0.25) is 5.88 Å². The van der Waals surface area contributed by atoms with Gasteiger partial charge in [-0.1, -0.05) is 39.0 Å². The van der Waals surface area contributed by atoms with Crippen LogP contribution in [0.15, 0.2) is 36.5 Å². The van der Waals surface area contributed by atoms with Gasteiger partial charge in [-0.3, -0.25) is 0 Å². The van der Waals surface area contributed by atoms with Crippen LogP contribution in [0.2, 0.25) is 0 Å². The van der Waals surface area contributed by atoms with Crippen molar-refractivity contribution in [3.63, 3.8) is 0 Å². The van der Waals surface area contributed by atoms with Gasteiger partial charge in [0.05, 0.1) is 0 Å². The van der Waals surface area contributed by atoms with Crippen LogP contribution in [-0.2, 0) is 6.54 Å². The van der Waals surface area contributed by atoms with Crippen molar-refractivity contribution in [1.82, 2.24) is 10.3 Å². The van der Waals surface area contributed by atoms with Gasteiger partial charge in [-0.25, -0.2) is 4.98 Å². The predicted molar refractivity (Wildman–Crippen MR) is 87.0 cm³/mol. The molecule has 0 bridgehead atoms. The maximum Gasteiger partial charge on any atom is 0.222 e. The lowest BCUT2D eigenvalue weighted by Crippen LogP contribution is -2.12. The fraction of sp³-hybridized carbons (Fsp3) is 0.389. The SMILES string of the molecule is CCNCc1cnc(Oc2ccccc2C(C)C)c(C)c1. The summed E-state index contributed by atoms with van der Waals surface area (Å²) in [5.41, 5.74) is 3.44. The first kappa shape index (κ1) is 15.5. The van der Waals surface area contributed by atoms with Gasteiger partial charge in [-0.2, -0.15) is 0 Å². The van der Waals surface area contributed by atoms with Crippen molar-refractivity contribution in [2.24, 2.45) is 0 Å². The summed E-state index contributed by atoms with van der Waals surface area (Å²) in [7, 11) is 0. The van der Waals surface area contributed by atoms with Crippen molar-refractivity contribution in [1.29, 1.82) is 0 Å². The molecule has 0 saturated heterocycles. The molecule has 0 saturated carbocycles. The summed E-state index contributed by atoms with van der Waals surface area (Å²) in [6, 6.07) is 10.3. The second-order valence-corrected chi connectivity index (χ2v) is 5.54. The third-order valence-corrected chi connectivity index (χ3v) is 3.41. The summed E-state index contributed by atoms with van der Waals surface area (Å²) >= 11 is 0. The molecule has 0 atom stereocenters. The highest BCUT2D eigenvalue weighted by molar-refractivity contribution is 5.40. The van der Waals surface area contributed by atoms with Crippen molar-refractivity contribution in [3.05, 3.63) is 53.2 Å². The van der Waals surface area contributed by atoms with E-state index < -0.39 is 0 Å². The van der Waals surface area contributed by atoms with E-state index in [2.05, 4.69) is 43.2 Å². The Balaban J connectivity index is 2.20. The number of aromatic nitrogens is 1. The molecular formula is C18H24N2O. The Kier molecular flexibility index (Phi) is 5.34. The standard InChI is InChI=1S/C18H24N2O/c1-5-19-11-15-10-14(4)18(20-12-15)21-17-9-7-6-8-16(17)13(2)3/h6-10,12-13,19H,5,11H2,1-4H3. The molecule has 2 rings (SSSR count). The largest absolute Gasteiger partial charge is 0.438 e. The normalized spacial score (nSPS) is 10.9. The third-order valence-electron chi connectivity index (χ3n) is 3.41. The van der Waals surface area contributed by atoms with Gasteiger partial charge in [0, 0.05) is 18.3 Å². The van der Waals surface area contributed by atoms with Crippen molar-refractivity contribution in [3.8, 4) is 11.6 Å². The molecule has 0 amide bonds. The summed E-state index contributed by atoms with van der Waals surface area (Å²) in [6.07, 6.45) is 1.88. The van der Waals surface area contributed by atoms with E-state index in [9.17, 15) is 0 Å². The van der Waals surface area contributed by atoms with E-state index in [1.807, 2.05) is 31.3 Å². The average Bonchev–Trinajstić information content (AvgIpc) is 2.48. The second-order valence-electron chi connectivity index (χ2n) is 5.54. The van der Waals surface area contributed by atoms with Crippen molar-refractivity contribution >= 4 is 0 Å². The first-order chi connectivity index (χ1) is 10.1. The van der Waals surface area contributed by atoms with Crippen LogP contribution in [0.5, 0.6) is 11.6 Å². The van der Waals surface area contributed by atoms with E-state index in [-0.39, 0.29) is 0 Å². The number of nitrogens with zero attached hydrogens (tertiary/aromatic N) is 1. The van der Waals surface area contributed by atoms with E-state index in [0.29, 0.717) is 11.8 Å². The summed E-state index contributed by atoms with van der Waals surface area (Å²) < 4.78 is 6.03. The number of benzene rings is 1. The Morgan fingerprint density at radius 2 is 2.00 bits per heavy atom. The zero-order valence-electron chi connectivity index (χ0n) is 13.3. The predicted octanol–water partition coefficient (Wildman–Crippen LogP) is 4.42. The van der Waals surface area contributed by atoms with Gasteiger partial charge in [0.15, 0.2) is 0 Å². The first-order valence-corrected chi connectivity index (χ1v) is 7.54. The monoisotopic (exact) mass is 284 g/mol. The van der Waals surface area contributed by atoms with Crippen molar-refractivity contribution < 1.29 is 4.74 Å². The minimum absolute atomic E-state index is 0.425. The van der Waals surface area contributed by atoms with E-state index >= 15 is 0 Å². The number of ether oxygens (including phenoxy) is 1. The molecule has 0 aliphatic heterocycles. The van der Waals surface area contributed by atoms with Crippen LogP contribution in [-0.4, -0.2) is 11.5 Å². The number of pyridine rings is 1. The van der Waals surface area contributed by atoms with Crippen LogP contribution in [0.3, 0.4) is 0 Å². The van der Waals surface area contributed by atoms with Crippen LogP contribution < -0.4 is 10.1 Å².